The Morgan fingerprint density at radius 3 is 2.15 bits per heavy atom. The number of carbonyl (C=O) groups is 1. The van der Waals surface area contributed by atoms with Gasteiger partial charge in [-0.05, 0) is 46.9 Å². The molecule has 0 amide bonds. The van der Waals surface area contributed by atoms with E-state index in [0.717, 1.165) is 40.6 Å². The van der Waals surface area contributed by atoms with Gasteiger partial charge in [0.2, 0.25) is 0 Å². The maximum atomic E-state index is 13.6. The maximum absolute atomic E-state index is 13.6. The van der Waals surface area contributed by atoms with Crippen LogP contribution in [0.4, 0.5) is 0 Å². The van der Waals surface area contributed by atoms with Crippen LogP contribution in [0.2, 0.25) is 0 Å². The smallest absolute Gasteiger partial charge is 0.165 e. The van der Waals surface area contributed by atoms with Gasteiger partial charge in [-0.1, -0.05) is 110 Å². The average Bonchev–Trinajstić information content (AvgIpc) is 2.86. The van der Waals surface area contributed by atoms with Gasteiger partial charge >= 0.3 is 0 Å². The summed E-state index contributed by atoms with van der Waals surface area (Å²) in [4.78, 5) is 13.6. The highest BCUT2D eigenvalue weighted by Crippen LogP contribution is 2.30. The lowest BCUT2D eigenvalue weighted by molar-refractivity contribution is -0.113. The van der Waals surface area contributed by atoms with Crippen LogP contribution in [-0.2, 0) is 11.3 Å². The molecular weight excluding hydrogens is 402 g/mol. The van der Waals surface area contributed by atoms with Crippen LogP contribution in [0.3, 0.4) is 0 Å². The Labute approximate surface area is 197 Å². The van der Waals surface area contributed by atoms with Gasteiger partial charge in [-0.15, -0.1) is 0 Å². The average molecular weight is 434 g/mol. The molecule has 4 aromatic rings. The first-order valence-electron chi connectivity index (χ1n) is 11.8. The number of allylic oxidation sites excluding steroid dienone is 1. The molecule has 0 fully saturated rings. The number of unbranched alkanes of at least 4 members (excludes halogenated alkanes) is 1. The summed E-state index contributed by atoms with van der Waals surface area (Å²) >= 11 is 0. The Kier molecular flexibility index (Phi) is 7.36. The van der Waals surface area contributed by atoms with Crippen molar-refractivity contribution in [2.24, 2.45) is 0 Å². The lowest BCUT2D eigenvalue weighted by Gasteiger charge is -2.19. The van der Waals surface area contributed by atoms with Gasteiger partial charge in [0.25, 0.3) is 0 Å². The standard InChI is InChI=1S/C31H31NO/c1-3-4-14-29(33)30(28-20-19-25-12-8-9-13-27(25)21-28)31(26-17-15-23(2)16-18-26)32-22-24-10-6-5-7-11-24/h5-13,15-21,32H,3-4,14,22H2,1-2H3/b31-30+. The molecule has 0 bridgehead atoms. The van der Waals surface area contributed by atoms with Gasteiger partial charge in [0.1, 0.15) is 0 Å². The molecule has 33 heavy (non-hydrogen) atoms. The first-order chi connectivity index (χ1) is 16.2. The number of benzene rings is 4. The van der Waals surface area contributed by atoms with Crippen LogP contribution in [-0.4, -0.2) is 5.78 Å². The van der Waals surface area contributed by atoms with E-state index in [9.17, 15) is 4.79 Å². The SMILES string of the molecule is CCCCC(=O)/C(=C(/NCc1ccccc1)c1ccc(C)cc1)c1ccc2ccccc2c1. The molecule has 0 saturated heterocycles. The van der Waals surface area contributed by atoms with Crippen LogP contribution in [0, 0.1) is 6.92 Å². The Hall–Kier alpha value is -3.65. The number of hydrogen-bond acceptors (Lipinski definition) is 2. The van der Waals surface area contributed by atoms with Gasteiger partial charge in [0.05, 0.1) is 5.70 Å². The summed E-state index contributed by atoms with van der Waals surface area (Å²) in [7, 11) is 0. The second kappa shape index (κ2) is 10.8. The Morgan fingerprint density at radius 1 is 0.758 bits per heavy atom. The van der Waals surface area contributed by atoms with E-state index in [-0.39, 0.29) is 5.78 Å². The number of ketones is 1. The molecule has 0 spiro atoms. The summed E-state index contributed by atoms with van der Waals surface area (Å²) in [5, 5.41) is 5.95. The number of Topliss-reactive ketones (excluding diaryl/α,β-unsaturated/α-hetero) is 1. The fourth-order valence-corrected chi connectivity index (χ4v) is 4.09. The third-order valence-corrected chi connectivity index (χ3v) is 5.98. The molecule has 0 saturated carbocycles. The van der Waals surface area contributed by atoms with E-state index in [4.69, 9.17) is 0 Å². The van der Waals surface area contributed by atoms with E-state index < -0.39 is 0 Å². The number of nitrogens with one attached hydrogen (secondary N) is 1. The Balaban J connectivity index is 1.87. The van der Waals surface area contributed by atoms with E-state index in [0.29, 0.717) is 13.0 Å². The van der Waals surface area contributed by atoms with Gasteiger partial charge in [-0.2, -0.15) is 0 Å². The van der Waals surface area contributed by atoms with Crippen LogP contribution >= 0.6 is 0 Å². The lowest BCUT2D eigenvalue weighted by atomic mass is 9.91. The third kappa shape index (κ3) is 5.59. The van der Waals surface area contributed by atoms with Crippen molar-refractivity contribution in [3.8, 4) is 0 Å². The van der Waals surface area contributed by atoms with Crippen molar-refractivity contribution in [3.05, 3.63) is 119 Å². The maximum Gasteiger partial charge on any atom is 0.165 e. The molecule has 0 heterocycles. The number of aryl methyl sites for hydroxylation is 1. The zero-order chi connectivity index (χ0) is 23.0. The minimum Gasteiger partial charge on any atom is -0.380 e. The lowest BCUT2D eigenvalue weighted by Crippen LogP contribution is -2.17. The van der Waals surface area contributed by atoms with Crippen molar-refractivity contribution in [2.45, 2.75) is 39.7 Å². The molecule has 4 rings (SSSR count). The summed E-state index contributed by atoms with van der Waals surface area (Å²) in [6.07, 6.45) is 2.42. The second-order valence-electron chi connectivity index (χ2n) is 8.54. The molecule has 0 aliphatic heterocycles. The third-order valence-electron chi connectivity index (χ3n) is 5.98. The van der Waals surface area contributed by atoms with Crippen LogP contribution in [0.1, 0.15) is 48.4 Å². The van der Waals surface area contributed by atoms with E-state index in [1.807, 2.05) is 30.3 Å². The van der Waals surface area contributed by atoms with Crippen LogP contribution < -0.4 is 5.32 Å². The number of fused-ring (bicyclic) bond motifs is 1. The van der Waals surface area contributed by atoms with Crippen molar-refractivity contribution in [2.75, 3.05) is 0 Å². The molecule has 166 valence electrons. The van der Waals surface area contributed by atoms with E-state index in [1.54, 1.807) is 0 Å². The number of rotatable bonds is 9. The predicted octanol–water partition coefficient (Wildman–Crippen LogP) is 7.57. The zero-order valence-electron chi connectivity index (χ0n) is 19.5. The molecule has 0 aliphatic carbocycles. The van der Waals surface area contributed by atoms with Crippen molar-refractivity contribution in [3.63, 3.8) is 0 Å². The molecule has 2 nitrogen and oxygen atoms in total. The highest BCUT2D eigenvalue weighted by atomic mass is 16.1. The van der Waals surface area contributed by atoms with Crippen LogP contribution in [0.15, 0.2) is 97.1 Å². The minimum absolute atomic E-state index is 0.184. The molecule has 0 atom stereocenters. The van der Waals surface area contributed by atoms with Gasteiger partial charge in [-0.3, -0.25) is 4.79 Å². The summed E-state index contributed by atoms with van der Waals surface area (Å²) in [5.74, 6) is 0.184. The minimum atomic E-state index is 0.184. The molecular formula is C31H31NO. The van der Waals surface area contributed by atoms with Crippen molar-refractivity contribution < 1.29 is 4.79 Å². The zero-order valence-corrected chi connectivity index (χ0v) is 19.5. The number of carbonyl (C=O) groups excluding carboxylic acids is 1. The first-order valence-corrected chi connectivity index (χ1v) is 11.8. The molecule has 0 unspecified atom stereocenters. The van der Waals surface area contributed by atoms with E-state index >= 15 is 0 Å². The monoisotopic (exact) mass is 433 g/mol. The summed E-state index contributed by atoms with van der Waals surface area (Å²) < 4.78 is 0. The summed E-state index contributed by atoms with van der Waals surface area (Å²) in [6, 6.07) is 33.4. The van der Waals surface area contributed by atoms with Crippen molar-refractivity contribution in [1.82, 2.24) is 5.32 Å². The molecule has 0 radical (unpaired) electrons. The fourth-order valence-electron chi connectivity index (χ4n) is 4.09. The largest absolute Gasteiger partial charge is 0.380 e. The predicted molar refractivity (Wildman–Crippen MR) is 140 cm³/mol. The van der Waals surface area contributed by atoms with Crippen LogP contribution in [0.25, 0.3) is 22.0 Å². The molecule has 2 heteroatoms. The molecule has 0 aromatic heterocycles. The summed E-state index contributed by atoms with van der Waals surface area (Å²) in [5.41, 5.74) is 6.05. The van der Waals surface area contributed by atoms with Gasteiger partial charge in [-0.25, -0.2) is 0 Å². The highest BCUT2D eigenvalue weighted by Gasteiger charge is 2.19. The Bertz CT molecular complexity index is 1250. The molecule has 4 aromatic carbocycles. The molecule has 1 N–H and O–H groups in total. The van der Waals surface area contributed by atoms with Crippen LogP contribution in [0.5, 0.6) is 0 Å². The quantitative estimate of drug-likeness (QED) is 0.218. The topological polar surface area (TPSA) is 29.1 Å². The van der Waals surface area contributed by atoms with E-state index in [2.05, 4.69) is 85.9 Å². The number of hydrogen-bond donors (Lipinski definition) is 1. The normalized spacial score (nSPS) is 11.8. The van der Waals surface area contributed by atoms with Crippen molar-refractivity contribution >= 4 is 27.8 Å². The fraction of sp³-hybridized carbons (Fsp3) is 0.194. The second-order valence-corrected chi connectivity index (χ2v) is 8.54. The van der Waals surface area contributed by atoms with Gasteiger partial charge < -0.3 is 5.32 Å². The molecule has 0 aliphatic rings. The first kappa shape index (κ1) is 22.5. The van der Waals surface area contributed by atoms with Crippen molar-refractivity contribution in [1.29, 1.82) is 0 Å². The summed E-state index contributed by atoms with van der Waals surface area (Å²) in [6.45, 7) is 4.87. The Morgan fingerprint density at radius 2 is 1.42 bits per heavy atom. The van der Waals surface area contributed by atoms with Gasteiger partial charge in [0.15, 0.2) is 5.78 Å². The van der Waals surface area contributed by atoms with E-state index in [1.165, 1.54) is 16.5 Å². The highest BCUT2D eigenvalue weighted by molar-refractivity contribution is 6.28. The van der Waals surface area contributed by atoms with Gasteiger partial charge in [0, 0.05) is 18.5 Å².